The average molecular weight is 240 g/mol. The van der Waals surface area contributed by atoms with Crippen LogP contribution in [0.15, 0.2) is 24.3 Å². The highest BCUT2D eigenvalue weighted by atomic mass is 35.5. The fraction of sp³-hybridized carbons (Fsp3) is 0.462. The fourth-order valence-electron chi connectivity index (χ4n) is 1.49. The van der Waals surface area contributed by atoms with Crippen molar-refractivity contribution >= 4 is 17.5 Å². The maximum atomic E-state index is 11.7. The Morgan fingerprint density at radius 2 is 2.12 bits per heavy atom. The smallest absolute Gasteiger partial charge is 0.251 e. The SMILES string of the molecule is CCCCCCNC(=O)c1cccc(Cl)c1. The summed E-state index contributed by atoms with van der Waals surface area (Å²) in [6, 6.07) is 7.00. The van der Waals surface area contributed by atoms with Crippen molar-refractivity contribution in [1.29, 1.82) is 0 Å². The highest BCUT2D eigenvalue weighted by Gasteiger charge is 2.04. The summed E-state index contributed by atoms with van der Waals surface area (Å²) >= 11 is 5.81. The maximum Gasteiger partial charge on any atom is 0.251 e. The van der Waals surface area contributed by atoms with E-state index >= 15 is 0 Å². The molecule has 0 heterocycles. The normalized spacial score (nSPS) is 10.1. The molecule has 0 aliphatic heterocycles. The lowest BCUT2D eigenvalue weighted by Crippen LogP contribution is -2.24. The maximum absolute atomic E-state index is 11.7. The van der Waals surface area contributed by atoms with Crippen molar-refractivity contribution in [3.63, 3.8) is 0 Å². The second kappa shape index (κ2) is 7.29. The standard InChI is InChI=1S/C13H18ClNO/c1-2-3-4-5-9-15-13(16)11-7-6-8-12(14)10-11/h6-8,10H,2-5,9H2,1H3,(H,15,16). The molecule has 2 nitrogen and oxygen atoms in total. The van der Waals surface area contributed by atoms with Crippen molar-refractivity contribution < 1.29 is 4.79 Å². The van der Waals surface area contributed by atoms with Crippen LogP contribution in [0.25, 0.3) is 0 Å². The monoisotopic (exact) mass is 239 g/mol. The van der Waals surface area contributed by atoms with Crippen LogP contribution in [0, 0.1) is 0 Å². The minimum absolute atomic E-state index is 0.0426. The number of unbranched alkanes of at least 4 members (excludes halogenated alkanes) is 3. The van der Waals surface area contributed by atoms with Crippen molar-refractivity contribution in [3.8, 4) is 0 Å². The Bertz CT molecular complexity index is 338. The van der Waals surface area contributed by atoms with E-state index < -0.39 is 0 Å². The molecule has 88 valence electrons. The molecular weight excluding hydrogens is 222 g/mol. The van der Waals surface area contributed by atoms with E-state index in [1.165, 1.54) is 19.3 Å². The molecule has 0 aliphatic carbocycles. The molecule has 0 aromatic heterocycles. The number of benzene rings is 1. The van der Waals surface area contributed by atoms with Crippen LogP contribution in [-0.4, -0.2) is 12.5 Å². The Hall–Kier alpha value is -1.02. The molecule has 16 heavy (non-hydrogen) atoms. The molecule has 0 fully saturated rings. The van der Waals surface area contributed by atoms with Gasteiger partial charge in [-0.2, -0.15) is 0 Å². The quantitative estimate of drug-likeness (QED) is 0.755. The van der Waals surface area contributed by atoms with E-state index in [0.29, 0.717) is 10.6 Å². The number of carbonyl (C=O) groups excluding carboxylic acids is 1. The molecule has 0 unspecified atom stereocenters. The molecule has 1 rings (SSSR count). The number of hydrogen-bond acceptors (Lipinski definition) is 1. The predicted molar refractivity (Wildman–Crippen MR) is 67.9 cm³/mol. The van der Waals surface area contributed by atoms with Gasteiger partial charge in [0.05, 0.1) is 0 Å². The van der Waals surface area contributed by atoms with Gasteiger partial charge in [0.2, 0.25) is 0 Å². The lowest BCUT2D eigenvalue weighted by molar-refractivity contribution is 0.0953. The minimum atomic E-state index is -0.0426. The fourth-order valence-corrected chi connectivity index (χ4v) is 1.68. The first-order valence-corrected chi connectivity index (χ1v) is 6.15. The van der Waals surface area contributed by atoms with Crippen LogP contribution in [0.3, 0.4) is 0 Å². The summed E-state index contributed by atoms with van der Waals surface area (Å²) < 4.78 is 0. The highest BCUT2D eigenvalue weighted by molar-refractivity contribution is 6.30. The molecule has 1 aromatic rings. The Labute approximate surface area is 102 Å². The zero-order chi connectivity index (χ0) is 11.8. The van der Waals surface area contributed by atoms with E-state index in [-0.39, 0.29) is 5.91 Å². The molecular formula is C13H18ClNO. The zero-order valence-electron chi connectivity index (χ0n) is 9.63. The Morgan fingerprint density at radius 3 is 2.81 bits per heavy atom. The molecule has 0 spiro atoms. The third-order valence-electron chi connectivity index (χ3n) is 2.40. The molecule has 1 aromatic carbocycles. The summed E-state index contributed by atoms with van der Waals surface area (Å²) in [6.07, 6.45) is 4.65. The topological polar surface area (TPSA) is 29.1 Å². The third kappa shape index (κ3) is 4.67. The summed E-state index contributed by atoms with van der Waals surface area (Å²) in [5.74, 6) is -0.0426. The van der Waals surface area contributed by atoms with Gasteiger partial charge in [-0.15, -0.1) is 0 Å². The molecule has 0 radical (unpaired) electrons. The number of carbonyl (C=O) groups is 1. The lowest BCUT2D eigenvalue weighted by atomic mass is 10.2. The average Bonchev–Trinajstić information content (AvgIpc) is 2.28. The van der Waals surface area contributed by atoms with Crippen LogP contribution in [-0.2, 0) is 0 Å². The van der Waals surface area contributed by atoms with Crippen LogP contribution in [0.5, 0.6) is 0 Å². The predicted octanol–water partition coefficient (Wildman–Crippen LogP) is 3.65. The van der Waals surface area contributed by atoms with Crippen LogP contribution in [0.2, 0.25) is 5.02 Å². The van der Waals surface area contributed by atoms with Gasteiger partial charge in [0.1, 0.15) is 0 Å². The summed E-state index contributed by atoms with van der Waals surface area (Å²) in [5.41, 5.74) is 0.628. The molecule has 1 N–H and O–H groups in total. The Balaban J connectivity index is 2.30. The number of nitrogens with one attached hydrogen (secondary N) is 1. The minimum Gasteiger partial charge on any atom is -0.352 e. The van der Waals surface area contributed by atoms with E-state index in [4.69, 9.17) is 11.6 Å². The lowest BCUT2D eigenvalue weighted by Gasteiger charge is -2.05. The van der Waals surface area contributed by atoms with Gasteiger partial charge in [-0.05, 0) is 24.6 Å². The molecule has 0 saturated heterocycles. The van der Waals surface area contributed by atoms with Gasteiger partial charge >= 0.3 is 0 Å². The van der Waals surface area contributed by atoms with Gasteiger partial charge in [-0.1, -0.05) is 43.9 Å². The van der Waals surface area contributed by atoms with Crippen LogP contribution in [0.1, 0.15) is 43.0 Å². The first-order valence-electron chi connectivity index (χ1n) is 5.78. The summed E-state index contributed by atoms with van der Waals surface area (Å²) in [6.45, 7) is 2.91. The second-order valence-corrected chi connectivity index (χ2v) is 4.26. The summed E-state index contributed by atoms with van der Waals surface area (Å²) in [4.78, 5) is 11.7. The van der Waals surface area contributed by atoms with Gasteiger partial charge in [0.25, 0.3) is 5.91 Å². The molecule has 0 bridgehead atoms. The van der Waals surface area contributed by atoms with Gasteiger partial charge in [-0.25, -0.2) is 0 Å². The largest absolute Gasteiger partial charge is 0.352 e. The van der Waals surface area contributed by atoms with Crippen molar-refractivity contribution in [2.75, 3.05) is 6.54 Å². The second-order valence-electron chi connectivity index (χ2n) is 3.83. The summed E-state index contributed by atoms with van der Waals surface area (Å²) in [7, 11) is 0. The Kier molecular flexibility index (Phi) is 5.94. The van der Waals surface area contributed by atoms with E-state index in [1.807, 2.05) is 0 Å². The van der Waals surface area contributed by atoms with E-state index in [2.05, 4.69) is 12.2 Å². The van der Waals surface area contributed by atoms with Crippen molar-refractivity contribution in [1.82, 2.24) is 5.32 Å². The van der Waals surface area contributed by atoms with E-state index in [0.717, 1.165) is 13.0 Å². The first-order chi connectivity index (χ1) is 7.74. The number of rotatable bonds is 6. The van der Waals surface area contributed by atoms with Gasteiger partial charge in [-0.3, -0.25) is 4.79 Å². The van der Waals surface area contributed by atoms with Crippen LogP contribution < -0.4 is 5.32 Å². The van der Waals surface area contributed by atoms with Gasteiger partial charge in [0.15, 0.2) is 0 Å². The zero-order valence-corrected chi connectivity index (χ0v) is 10.4. The van der Waals surface area contributed by atoms with Crippen molar-refractivity contribution in [3.05, 3.63) is 34.9 Å². The first kappa shape index (κ1) is 13.0. The van der Waals surface area contributed by atoms with Crippen molar-refractivity contribution in [2.24, 2.45) is 0 Å². The summed E-state index contributed by atoms with van der Waals surface area (Å²) in [5, 5.41) is 3.48. The third-order valence-corrected chi connectivity index (χ3v) is 2.64. The number of amides is 1. The van der Waals surface area contributed by atoms with Gasteiger partial charge in [0, 0.05) is 17.1 Å². The van der Waals surface area contributed by atoms with Crippen molar-refractivity contribution in [2.45, 2.75) is 32.6 Å². The van der Waals surface area contributed by atoms with Gasteiger partial charge < -0.3 is 5.32 Å². The molecule has 1 amide bonds. The molecule has 0 aliphatic rings. The molecule has 3 heteroatoms. The van der Waals surface area contributed by atoms with E-state index in [1.54, 1.807) is 24.3 Å². The molecule has 0 atom stereocenters. The van der Waals surface area contributed by atoms with E-state index in [9.17, 15) is 4.79 Å². The highest BCUT2D eigenvalue weighted by Crippen LogP contribution is 2.10. The van der Waals surface area contributed by atoms with Crippen LogP contribution >= 0.6 is 11.6 Å². The molecule has 0 saturated carbocycles. The number of hydrogen-bond donors (Lipinski definition) is 1. The van der Waals surface area contributed by atoms with Crippen LogP contribution in [0.4, 0.5) is 0 Å². The Morgan fingerprint density at radius 1 is 1.31 bits per heavy atom. The number of halogens is 1.